The fourth-order valence-electron chi connectivity index (χ4n) is 2.40. The van der Waals surface area contributed by atoms with Gasteiger partial charge in [-0.15, -0.1) is 0 Å². The normalized spacial score (nSPS) is 10.7. The maximum absolute atomic E-state index is 12.2. The molecule has 0 fully saturated rings. The van der Waals surface area contributed by atoms with E-state index in [1.807, 2.05) is 18.2 Å². The van der Waals surface area contributed by atoms with Crippen LogP contribution in [0.15, 0.2) is 51.7 Å². The number of aromatic amines is 1. The topological polar surface area (TPSA) is 84.3 Å². The van der Waals surface area contributed by atoms with Crippen molar-refractivity contribution in [3.63, 3.8) is 0 Å². The molecule has 0 aliphatic rings. The highest BCUT2D eigenvalue weighted by Crippen LogP contribution is 2.17. The minimum absolute atomic E-state index is 0.180. The van der Waals surface area contributed by atoms with Crippen molar-refractivity contribution in [2.75, 3.05) is 13.7 Å². The van der Waals surface area contributed by atoms with Crippen molar-refractivity contribution in [3.05, 3.63) is 64.1 Å². The summed E-state index contributed by atoms with van der Waals surface area (Å²) < 4.78 is 10.1. The summed E-state index contributed by atoms with van der Waals surface area (Å²) in [6.07, 6.45) is 0.643. The van der Waals surface area contributed by atoms with E-state index in [-0.39, 0.29) is 5.91 Å². The van der Waals surface area contributed by atoms with Gasteiger partial charge < -0.3 is 14.5 Å². The summed E-state index contributed by atoms with van der Waals surface area (Å²) in [7, 11) is 1.53. The number of fused-ring (bicyclic) bond motifs is 1. The number of hydrogen-bond donors (Lipinski definition) is 2. The van der Waals surface area contributed by atoms with E-state index in [0.29, 0.717) is 35.4 Å². The molecule has 118 valence electrons. The predicted octanol–water partition coefficient (Wildman–Crippen LogP) is 2.10. The lowest BCUT2D eigenvalue weighted by Gasteiger charge is -2.09. The summed E-state index contributed by atoms with van der Waals surface area (Å²) in [6, 6.07) is 12.5. The summed E-state index contributed by atoms with van der Waals surface area (Å²) in [5, 5.41) is 2.86. The molecule has 0 aliphatic carbocycles. The fraction of sp³-hybridized carbons (Fsp3) is 0.176. The first-order valence-corrected chi connectivity index (χ1v) is 7.20. The molecule has 0 saturated heterocycles. The van der Waals surface area contributed by atoms with E-state index in [1.54, 1.807) is 24.3 Å². The van der Waals surface area contributed by atoms with Crippen molar-refractivity contribution in [2.45, 2.75) is 6.42 Å². The Morgan fingerprint density at radius 3 is 2.91 bits per heavy atom. The average Bonchev–Trinajstić information content (AvgIpc) is 2.94. The number of carbonyl (C=O) groups is 1. The van der Waals surface area contributed by atoms with E-state index >= 15 is 0 Å². The molecular formula is C17H16N2O4. The first-order valence-electron chi connectivity index (χ1n) is 7.20. The Hall–Kier alpha value is -3.02. The second kappa shape index (κ2) is 6.39. The van der Waals surface area contributed by atoms with Gasteiger partial charge in [-0.3, -0.25) is 9.78 Å². The summed E-state index contributed by atoms with van der Waals surface area (Å²) in [5.41, 5.74) is 2.68. The molecule has 23 heavy (non-hydrogen) atoms. The number of amides is 1. The van der Waals surface area contributed by atoms with Gasteiger partial charge in [0.15, 0.2) is 5.58 Å². The zero-order valence-corrected chi connectivity index (χ0v) is 12.6. The summed E-state index contributed by atoms with van der Waals surface area (Å²) >= 11 is 0. The number of aromatic nitrogens is 1. The summed E-state index contributed by atoms with van der Waals surface area (Å²) in [5.74, 6) is -0.107. The van der Waals surface area contributed by atoms with E-state index in [4.69, 9.17) is 9.15 Å². The molecule has 0 bridgehead atoms. The highest BCUT2D eigenvalue weighted by atomic mass is 16.5. The van der Waals surface area contributed by atoms with Crippen LogP contribution in [0, 0.1) is 0 Å². The fourth-order valence-corrected chi connectivity index (χ4v) is 2.40. The third-order valence-corrected chi connectivity index (χ3v) is 3.53. The molecule has 0 unspecified atom stereocenters. The predicted molar refractivity (Wildman–Crippen MR) is 85.9 cm³/mol. The Labute approximate surface area is 132 Å². The van der Waals surface area contributed by atoms with Gasteiger partial charge in [-0.25, -0.2) is 4.79 Å². The number of para-hydroxylation sites is 1. The maximum atomic E-state index is 12.2. The number of benzene rings is 2. The number of carbonyl (C=O) groups excluding carboxylic acids is 1. The smallest absolute Gasteiger partial charge is 0.417 e. The molecule has 1 amide bonds. The number of nitrogens with one attached hydrogen (secondary N) is 2. The van der Waals surface area contributed by atoms with Crippen molar-refractivity contribution in [1.29, 1.82) is 0 Å². The lowest BCUT2D eigenvalue weighted by atomic mass is 10.1. The minimum Gasteiger partial charge on any atom is -0.496 e. The monoisotopic (exact) mass is 312 g/mol. The lowest BCUT2D eigenvalue weighted by molar-refractivity contribution is 0.0951. The molecule has 0 spiro atoms. The number of ether oxygens (including phenoxy) is 1. The van der Waals surface area contributed by atoms with Gasteiger partial charge in [-0.1, -0.05) is 18.2 Å². The zero-order chi connectivity index (χ0) is 16.2. The summed E-state index contributed by atoms with van der Waals surface area (Å²) in [4.78, 5) is 25.9. The van der Waals surface area contributed by atoms with Crippen LogP contribution in [0.4, 0.5) is 0 Å². The molecule has 2 aromatic carbocycles. The van der Waals surface area contributed by atoms with E-state index in [0.717, 1.165) is 5.56 Å². The Balaban J connectivity index is 1.63. The number of hydrogen-bond acceptors (Lipinski definition) is 4. The molecule has 2 N–H and O–H groups in total. The SMILES string of the molecule is COc1ccccc1C(=O)NCCc1ccc2oc(=O)[nH]c2c1. The number of methoxy groups -OCH3 is 1. The van der Waals surface area contributed by atoms with Crippen LogP contribution < -0.4 is 15.8 Å². The maximum Gasteiger partial charge on any atom is 0.417 e. The van der Waals surface area contributed by atoms with Crippen molar-refractivity contribution < 1.29 is 13.9 Å². The first-order chi connectivity index (χ1) is 11.2. The van der Waals surface area contributed by atoms with Gasteiger partial charge in [0.25, 0.3) is 5.91 Å². The minimum atomic E-state index is -0.471. The molecule has 6 nitrogen and oxygen atoms in total. The highest BCUT2D eigenvalue weighted by molar-refractivity contribution is 5.96. The number of oxazole rings is 1. The third-order valence-electron chi connectivity index (χ3n) is 3.53. The van der Waals surface area contributed by atoms with Gasteiger partial charge in [0, 0.05) is 6.54 Å². The standard InChI is InChI=1S/C17H16N2O4/c1-22-14-5-3-2-4-12(14)16(20)18-9-8-11-6-7-15-13(10-11)19-17(21)23-15/h2-7,10H,8-9H2,1H3,(H,18,20)(H,19,21). The first kappa shape index (κ1) is 14.9. The Morgan fingerprint density at radius 1 is 1.26 bits per heavy atom. The Kier molecular flexibility index (Phi) is 4.14. The lowest BCUT2D eigenvalue weighted by Crippen LogP contribution is -2.26. The van der Waals surface area contributed by atoms with Crippen LogP contribution in [0.1, 0.15) is 15.9 Å². The molecule has 6 heteroatoms. The number of H-pyrrole nitrogens is 1. The van der Waals surface area contributed by atoms with E-state index in [9.17, 15) is 9.59 Å². The van der Waals surface area contributed by atoms with E-state index < -0.39 is 5.76 Å². The Morgan fingerprint density at radius 2 is 2.09 bits per heavy atom. The van der Waals surface area contributed by atoms with Crippen molar-refractivity contribution in [3.8, 4) is 5.75 Å². The van der Waals surface area contributed by atoms with Crippen LogP contribution in [0.3, 0.4) is 0 Å². The largest absolute Gasteiger partial charge is 0.496 e. The average molecular weight is 312 g/mol. The van der Waals surface area contributed by atoms with E-state index in [2.05, 4.69) is 10.3 Å². The van der Waals surface area contributed by atoms with Crippen LogP contribution >= 0.6 is 0 Å². The molecule has 0 aliphatic heterocycles. The summed E-state index contributed by atoms with van der Waals surface area (Å²) in [6.45, 7) is 0.477. The molecule has 3 aromatic rings. The zero-order valence-electron chi connectivity index (χ0n) is 12.6. The molecule has 0 saturated carbocycles. The molecule has 1 heterocycles. The van der Waals surface area contributed by atoms with Crippen molar-refractivity contribution in [2.24, 2.45) is 0 Å². The second-order valence-electron chi connectivity index (χ2n) is 5.05. The van der Waals surface area contributed by atoms with Crippen LogP contribution in [0.2, 0.25) is 0 Å². The van der Waals surface area contributed by atoms with Crippen molar-refractivity contribution >= 4 is 17.0 Å². The Bertz CT molecular complexity index is 895. The molecule has 3 rings (SSSR count). The van der Waals surface area contributed by atoms with Gasteiger partial charge in [0.05, 0.1) is 18.2 Å². The van der Waals surface area contributed by atoms with Crippen molar-refractivity contribution in [1.82, 2.24) is 10.3 Å². The highest BCUT2D eigenvalue weighted by Gasteiger charge is 2.10. The molecule has 0 atom stereocenters. The van der Waals surface area contributed by atoms with Gasteiger partial charge in [0.2, 0.25) is 0 Å². The van der Waals surface area contributed by atoms with Crippen LogP contribution in [-0.4, -0.2) is 24.5 Å². The molecular weight excluding hydrogens is 296 g/mol. The van der Waals surface area contributed by atoms with E-state index in [1.165, 1.54) is 7.11 Å². The van der Waals surface area contributed by atoms with Crippen LogP contribution in [-0.2, 0) is 6.42 Å². The van der Waals surface area contributed by atoms with Gasteiger partial charge in [0.1, 0.15) is 5.75 Å². The van der Waals surface area contributed by atoms with Crippen LogP contribution in [0.25, 0.3) is 11.1 Å². The van der Waals surface area contributed by atoms with Gasteiger partial charge >= 0.3 is 5.76 Å². The molecule has 0 radical (unpaired) electrons. The number of rotatable bonds is 5. The van der Waals surface area contributed by atoms with Crippen LogP contribution in [0.5, 0.6) is 5.75 Å². The van der Waals surface area contributed by atoms with Gasteiger partial charge in [-0.05, 0) is 36.2 Å². The quantitative estimate of drug-likeness (QED) is 0.755. The van der Waals surface area contributed by atoms with Gasteiger partial charge in [-0.2, -0.15) is 0 Å². The molecule has 1 aromatic heterocycles. The second-order valence-corrected chi connectivity index (χ2v) is 5.05. The third kappa shape index (κ3) is 3.26.